The standard InChI is InChI=1S/C23H28Cl2N2O2/c1-4-12-26-23(29)21(5-2)27(15-18-10-11-19(24)20(25)13-18)22(28)14-17-8-6-16(3)7-9-17/h6-11,13,21H,4-5,12,14-15H2,1-3H3,(H,26,29)/t21-/m1/s1. The maximum absolute atomic E-state index is 13.2. The van der Waals surface area contributed by atoms with Gasteiger partial charge in [0.05, 0.1) is 16.5 Å². The molecule has 0 unspecified atom stereocenters. The summed E-state index contributed by atoms with van der Waals surface area (Å²) >= 11 is 12.2. The minimum atomic E-state index is -0.547. The molecule has 0 fully saturated rings. The average Bonchev–Trinajstić information content (AvgIpc) is 2.70. The van der Waals surface area contributed by atoms with Crippen LogP contribution in [0.3, 0.4) is 0 Å². The molecule has 0 aliphatic heterocycles. The van der Waals surface area contributed by atoms with E-state index in [2.05, 4.69) is 5.32 Å². The molecule has 0 aliphatic carbocycles. The van der Waals surface area contributed by atoms with Crippen molar-refractivity contribution in [1.29, 1.82) is 0 Å². The summed E-state index contributed by atoms with van der Waals surface area (Å²) in [7, 11) is 0. The minimum Gasteiger partial charge on any atom is -0.354 e. The maximum Gasteiger partial charge on any atom is 0.242 e. The molecular formula is C23H28Cl2N2O2. The van der Waals surface area contributed by atoms with Crippen molar-refractivity contribution in [1.82, 2.24) is 10.2 Å². The highest BCUT2D eigenvalue weighted by atomic mass is 35.5. The zero-order chi connectivity index (χ0) is 21.4. The van der Waals surface area contributed by atoms with Gasteiger partial charge >= 0.3 is 0 Å². The molecule has 2 aromatic rings. The van der Waals surface area contributed by atoms with Gasteiger partial charge in [-0.3, -0.25) is 9.59 Å². The third kappa shape index (κ3) is 6.76. The smallest absolute Gasteiger partial charge is 0.242 e. The Morgan fingerprint density at radius 2 is 1.66 bits per heavy atom. The summed E-state index contributed by atoms with van der Waals surface area (Å²) in [4.78, 5) is 27.6. The summed E-state index contributed by atoms with van der Waals surface area (Å²) in [5.74, 6) is -0.231. The molecule has 1 atom stereocenters. The predicted molar refractivity (Wildman–Crippen MR) is 119 cm³/mol. The molecule has 0 radical (unpaired) electrons. The van der Waals surface area contributed by atoms with Gasteiger partial charge in [0.1, 0.15) is 6.04 Å². The summed E-state index contributed by atoms with van der Waals surface area (Å²) in [5, 5.41) is 3.80. The zero-order valence-corrected chi connectivity index (χ0v) is 18.7. The Balaban J connectivity index is 2.28. The molecule has 2 rings (SSSR count). The first-order chi connectivity index (χ1) is 13.8. The van der Waals surface area contributed by atoms with Crippen molar-refractivity contribution in [3.63, 3.8) is 0 Å². The van der Waals surface area contributed by atoms with Crippen LogP contribution in [0.25, 0.3) is 0 Å². The average molecular weight is 435 g/mol. The number of rotatable bonds is 9. The number of hydrogen-bond acceptors (Lipinski definition) is 2. The molecule has 0 spiro atoms. The molecule has 2 amide bonds. The van der Waals surface area contributed by atoms with E-state index < -0.39 is 6.04 Å². The normalized spacial score (nSPS) is 11.8. The fourth-order valence-electron chi connectivity index (χ4n) is 3.10. The second-order valence-electron chi connectivity index (χ2n) is 7.15. The number of carbonyl (C=O) groups excluding carboxylic acids is 2. The lowest BCUT2D eigenvalue weighted by Crippen LogP contribution is -2.49. The number of halogens is 2. The number of carbonyl (C=O) groups is 2. The Labute approximate surface area is 183 Å². The van der Waals surface area contributed by atoms with Crippen molar-refractivity contribution < 1.29 is 9.59 Å². The van der Waals surface area contributed by atoms with E-state index >= 15 is 0 Å². The molecule has 0 heterocycles. The highest BCUT2D eigenvalue weighted by Crippen LogP contribution is 2.24. The highest BCUT2D eigenvalue weighted by Gasteiger charge is 2.28. The third-order valence-electron chi connectivity index (χ3n) is 4.75. The number of hydrogen-bond donors (Lipinski definition) is 1. The lowest BCUT2D eigenvalue weighted by Gasteiger charge is -2.31. The lowest BCUT2D eigenvalue weighted by molar-refractivity contribution is -0.140. The summed E-state index contributed by atoms with van der Waals surface area (Å²) in [6.45, 7) is 6.80. The number of amides is 2. The van der Waals surface area contributed by atoms with E-state index in [-0.39, 0.29) is 18.2 Å². The van der Waals surface area contributed by atoms with Crippen molar-refractivity contribution in [3.8, 4) is 0 Å². The molecule has 156 valence electrons. The van der Waals surface area contributed by atoms with Gasteiger partial charge < -0.3 is 10.2 Å². The topological polar surface area (TPSA) is 49.4 Å². The van der Waals surface area contributed by atoms with Gasteiger partial charge in [0, 0.05) is 13.1 Å². The Morgan fingerprint density at radius 3 is 2.24 bits per heavy atom. The van der Waals surface area contributed by atoms with E-state index in [0.29, 0.717) is 29.6 Å². The Hall–Kier alpha value is -2.04. The van der Waals surface area contributed by atoms with E-state index in [1.165, 1.54) is 0 Å². The minimum absolute atomic E-state index is 0.0987. The van der Waals surface area contributed by atoms with Crippen molar-refractivity contribution in [2.45, 2.75) is 52.6 Å². The van der Waals surface area contributed by atoms with Crippen molar-refractivity contribution in [2.75, 3.05) is 6.54 Å². The molecular weight excluding hydrogens is 407 g/mol. The van der Waals surface area contributed by atoms with E-state index in [1.54, 1.807) is 17.0 Å². The van der Waals surface area contributed by atoms with E-state index in [0.717, 1.165) is 23.1 Å². The van der Waals surface area contributed by atoms with Gasteiger partial charge in [0.15, 0.2) is 0 Å². The molecule has 0 bridgehead atoms. The predicted octanol–water partition coefficient (Wildman–Crippen LogP) is 5.18. The van der Waals surface area contributed by atoms with Gasteiger partial charge in [-0.2, -0.15) is 0 Å². The SMILES string of the molecule is CCCNC(=O)[C@@H](CC)N(Cc1ccc(Cl)c(Cl)c1)C(=O)Cc1ccc(C)cc1. The quantitative estimate of drug-likeness (QED) is 0.590. The molecule has 2 aromatic carbocycles. The molecule has 1 N–H and O–H groups in total. The van der Waals surface area contributed by atoms with Crippen LogP contribution in [0.2, 0.25) is 10.0 Å². The zero-order valence-electron chi connectivity index (χ0n) is 17.2. The van der Waals surface area contributed by atoms with Crippen LogP contribution < -0.4 is 5.32 Å². The van der Waals surface area contributed by atoms with Gasteiger partial charge in [-0.05, 0) is 43.0 Å². The van der Waals surface area contributed by atoms with Crippen LogP contribution in [0, 0.1) is 6.92 Å². The summed E-state index contributed by atoms with van der Waals surface area (Å²) < 4.78 is 0. The third-order valence-corrected chi connectivity index (χ3v) is 5.49. The largest absolute Gasteiger partial charge is 0.354 e. The van der Waals surface area contributed by atoms with Gasteiger partial charge in [-0.25, -0.2) is 0 Å². The van der Waals surface area contributed by atoms with E-state index in [1.807, 2.05) is 51.1 Å². The van der Waals surface area contributed by atoms with Gasteiger partial charge in [-0.1, -0.05) is 72.9 Å². The van der Waals surface area contributed by atoms with Gasteiger partial charge in [-0.15, -0.1) is 0 Å². The monoisotopic (exact) mass is 434 g/mol. The van der Waals surface area contributed by atoms with Crippen LogP contribution in [0.5, 0.6) is 0 Å². The molecule has 4 nitrogen and oxygen atoms in total. The maximum atomic E-state index is 13.2. The molecule has 0 aliphatic rings. The van der Waals surface area contributed by atoms with E-state index in [4.69, 9.17) is 23.2 Å². The molecule has 0 saturated carbocycles. The van der Waals surface area contributed by atoms with Crippen LogP contribution in [-0.2, 0) is 22.6 Å². The Morgan fingerprint density at radius 1 is 1.00 bits per heavy atom. The lowest BCUT2D eigenvalue weighted by atomic mass is 10.1. The Kier molecular flexibility index (Phi) is 8.99. The fourth-order valence-corrected chi connectivity index (χ4v) is 3.42. The molecule has 29 heavy (non-hydrogen) atoms. The van der Waals surface area contributed by atoms with Crippen molar-refractivity contribution in [3.05, 3.63) is 69.2 Å². The number of benzene rings is 2. The summed E-state index contributed by atoms with van der Waals surface area (Å²) in [6, 6.07) is 12.6. The summed E-state index contributed by atoms with van der Waals surface area (Å²) in [6.07, 6.45) is 1.60. The van der Waals surface area contributed by atoms with Crippen LogP contribution in [0.4, 0.5) is 0 Å². The highest BCUT2D eigenvalue weighted by molar-refractivity contribution is 6.42. The molecule has 0 saturated heterocycles. The van der Waals surface area contributed by atoms with Crippen LogP contribution in [-0.4, -0.2) is 29.3 Å². The Bertz CT molecular complexity index is 837. The first-order valence-corrected chi connectivity index (χ1v) is 10.7. The first kappa shape index (κ1) is 23.2. The van der Waals surface area contributed by atoms with Gasteiger partial charge in [0.2, 0.25) is 11.8 Å². The van der Waals surface area contributed by atoms with Crippen LogP contribution in [0.15, 0.2) is 42.5 Å². The first-order valence-electron chi connectivity index (χ1n) is 9.92. The number of nitrogens with one attached hydrogen (secondary N) is 1. The van der Waals surface area contributed by atoms with Crippen molar-refractivity contribution >= 4 is 35.0 Å². The molecule has 6 heteroatoms. The van der Waals surface area contributed by atoms with Crippen molar-refractivity contribution in [2.24, 2.45) is 0 Å². The second-order valence-corrected chi connectivity index (χ2v) is 7.96. The number of aryl methyl sites for hydroxylation is 1. The molecule has 0 aromatic heterocycles. The number of nitrogens with zero attached hydrogens (tertiary/aromatic N) is 1. The van der Waals surface area contributed by atoms with Crippen LogP contribution >= 0.6 is 23.2 Å². The second kappa shape index (κ2) is 11.2. The van der Waals surface area contributed by atoms with Gasteiger partial charge in [0.25, 0.3) is 0 Å². The fraction of sp³-hybridized carbons (Fsp3) is 0.391. The summed E-state index contributed by atoms with van der Waals surface area (Å²) in [5.41, 5.74) is 2.89. The van der Waals surface area contributed by atoms with E-state index in [9.17, 15) is 9.59 Å². The van der Waals surface area contributed by atoms with Crippen LogP contribution in [0.1, 0.15) is 43.4 Å².